The lowest BCUT2D eigenvalue weighted by Crippen LogP contribution is -1.78. The summed E-state index contributed by atoms with van der Waals surface area (Å²) in [5.74, 6) is -1.67. The summed E-state index contributed by atoms with van der Waals surface area (Å²) in [6, 6.07) is 8.43. The molecule has 0 fully saturated rings. The van der Waals surface area contributed by atoms with E-state index in [4.69, 9.17) is 19.8 Å². The van der Waals surface area contributed by atoms with Crippen LogP contribution in [0.25, 0.3) is 0 Å². The second kappa shape index (κ2) is 11.0. The van der Waals surface area contributed by atoms with Gasteiger partial charge >= 0.3 is 19.8 Å². The topological polar surface area (TPSA) is 109 Å². The van der Waals surface area contributed by atoms with E-state index in [1.165, 1.54) is 0 Å². The predicted molar refractivity (Wildman–Crippen MR) is 67.2 cm³/mol. The number of hydrogen-bond donors (Lipinski definition) is 2. The number of hydrogen-bond acceptors (Lipinski definition) is 4. The molecule has 0 amide bonds. The van der Waals surface area contributed by atoms with Crippen molar-refractivity contribution < 1.29 is 25.9 Å². The second-order valence-corrected chi connectivity index (χ2v) is 5.04. The molecule has 0 radical (unpaired) electrons. The Morgan fingerprint density at radius 3 is 1.41 bits per heavy atom. The minimum absolute atomic E-state index is 0.460. The molecule has 0 aliphatic rings. The minimum Gasteiger partial charge on any atom is -0.481 e. The van der Waals surface area contributed by atoms with Gasteiger partial charge in [0.15, 0.2) is 0 Å². The van der Waals surface area contributed by atoms with Crippen LogP contribution in [-0.4, -0.2) is 22.2 Å². The van der Waals surface area contributed by atoms with Gasteiger partial charge in [-0.2, -0.15) is 0 Å². The van der Waals surface area contributed by atoms with E-state index >= 15 is 0 Å². The maximum Gasteiger partial charge on any atom is 0.340 e. The second-order valence-electron chi connectivity index (χ2n) is 2.55. The highest BCUT2D eigenvalue weighted by molar-refractivity contribution is 14.2. The molecule has 96 valence electrons. The molecule has 0 unspecified atom stereocenters. The van der Waals surface area contributed by atoms with E-state index in [2.05, 4.69) is 0 Å². The fraction of sp³-hybridized carbons (Fsp3) is 0.200. The number of carboxylic acid groups (broad SMARTS) is 2. The van der Waals surface area contributed by atoms with Crippen LogP contribution in [0.2, 0.25) is 0 Å². The van der Waals surface area contributed by atoms with Crippen molar-refractivity contribution in [1.82, 2.24) is 0 Å². The first-order valence-electron chi connectivity index (χ1n) is 4.26. The number of carboxylic acids is 2. The summed E-state index contributed by atoms with van der Waals surface area (Å²) < 4.78 is 21.1. The number of aliphatic carboxylic acids is 2. The summed E-state index contributed by atoms with van der Waals surface area (Å²) >= 11 is -3.18. The van der Waals surface area contributed by atoms with Gasteiger partial charge in [-0.05, 0) is 12.1 Å². The number of benzene rings is 1. The van der Waals surface area contributed by atoms with Crippen LogP contribution in [0.4, 0.5) is 0 Å². The van der Waals surface area contributed by atoms with E-state index < -0.39 is 31.7 Å². The number of carbonyl (C=O) groups is 2. The molecule has 6 nitrogen and oxygen atoms in total. The Morgan fingerprint density at radius 1 is 0.941 bits per heavy atom. The van der Waals surface area contributed by atoms with Crippen molar-refractivity contribution in [3.05, 3.63) is 33.9 Å². The lowest BCUT2D eigenvalue weighted by Gasteiger charge is -1.81. The van der Waals surface area contributed by atoms with Crippen molar-refractivity contribution in [2.75, 3.05) is 0 Å². The Hall–Kier alpha value is -1.51. The van der Waals surface area contributed by atoms with Crippen molar-refractivity contribution in [3.63, 3.8) is 0 Å². The zero-order chi connectivity index (χ0) is 13.8. The average Bonchev–Trinajstić information content (AvgIpc) is 2.17. The Bertz CT molecular complexity index is 382. The van der Waals surface area contributed by atoms with Gasteiger partial charge in [0.1, 0.15) is 0 Å². The van der Waals surface area contributed by atoms with Crippen molar-refractivity contribution in [2.24, 2.45) is 0 Å². The molecule has 0 atom stereocenters. The Kier molecular flexibility index (Phi) is 11.6. The normalized spacial score (nSPS) is 8.18. The fourth-order valence-electron chi connectivity index (χ4n) is 0.518. The fourth-order valence-corrected chi connectivity index (χ4v) is 1.52. The molecule has 0 heterocycles. The largest absolute Gasteiger partial charge is 0.481 e. The van der Waals surface area contributed by atoms with Gasteiger partial charge in [-0.3, -0.25) is 9.59 Å². The van der Waals surface area contributed by atoms with E-state index in [9.17, 15) is 6.14 Å². The molecule has 2 N–H and O–H groups in total. The molecule has 0 spiro atoms. The highest BCUT2D eigenvalue weighted by Gasteiger charge is 1.91. The quantitative estimate of drug-likeness (QED) is 0.747. The van der Waals surface area contributed by atoms with Crippen molar-refractivity contribution in [1.29, 1.82) is 0 Å². The highest BCUT2D eigenvalue weighted by Crippen LogP contribution is 2.14. The molecule has 7 heteroatoms. The first-order chi connectivity index (χ1) is 7.77. The highest BCUT2D eigenvalue weighted by atomic mass is 127. The number of rotatable bonds is 1. The molecule has 0 aliphatic carbocycles. The molecule has 17 heavy (non-hydrogen) atoms. The van der Waals surface area contributed by atoms with E-state index in [1.807, 2.05) is 0 Å². The molecular formula is C10H13IO6. The van der Waals surface area contributed by atoms with E-state index in [0.717, 1.165) is 13.8 Å². The van der Waals surface area contributed by atoms with Gasteiger partial charge in [0.25, 0.3) is 11.9 Å². The van der Waals surface area contributed by atoms with Crippen LogP contribution >= 0.6 is 19.8 Å². The molecule has 1 aromatic carbocycles. The lowest BCUT2D eigenvalue weighted by atomic mass is 10.4. The Balaban J connectivity index is 0. The Morgan fingerprint density at radius 2 is 1.24 bits per heavy atom. The van der Waals surface area contributed by atoms with Crippen LogP contribution in [0.3, 0.4) is 0 Å². The molecular weight excluding hydrogens is 343 g/mol. The van der Waals surface area contributed by atoms with Gasteiger partial charge in [-0.15, -0.1) is 0 Å². The van der Waals surface area contributed by atoms with Crippen LogP contribution in [0, 0.1) is 3.57 Å². The van der Waals surface area contributed by atoms with Crippen LogP contribution in [0.15, 0.2) is 30.3 Å². The molecule has 1 aromatic rings. The summed E-state index contributed by atoms with van der Waals surface area (Å²) in [6.07, 6.45) is 0. The van der Waals surface area contributed by atoms with Gasteiger partial charge in [0.2, 0.25) is 0 Å². The monoisotopic (exact) mass is 356 g/mol. The summed E-state index contributed by atoms with van der Waals surface area (Å²) in [6.45, 7) is 2.17. The molecule has 0 aliphatic heterocycles. The molecule has 0 saturated heterocycles. The van der Waals surface area contributed by atoms with Gasteiger partial charge in [0.05, 0.1) is 3.57 Å². The van der Waals surface area contributed by atoms with Gasteiger partial charge in [-0.25, -0.2) is 6.14 Å². The summed E-state index contributed by atoms with van der Waals surface area (Å²) in [7, 11) is 0. The molecule has 0 saturated carbocycles. The zero-order valence-electron chi connectivity index (χ0n) is 9.29. The third-order valence-corrected chi connectivity index (χ3v) is 2.65. The third kappa shape index (κ3) is 20.5. The summed E-state index contributed by atoms with van der Waals surface area (Å²) in [4.78, 5) is 18.0. The number of halogens is 1. The molecule has 1 rings (SSSR count). The maximum absolute atomic E-state index is 10.3. The standard InChI is InChI=1S/C6H5IO2.2C2H4O2/c8-7(9)6-4-2-1-3-5-6;2*1-2(3)4/h1-5H;2*1H3,(H,3,4). The predicted octanol–water partition coefficient (Wildman–Crippen LogP) is 2.24. The van der Waals surface area contributed by atoms with Gasteiger partial charge in [-0.1, -0.05) is 18.2 Å². The third-order valence-electron chi connectivity index (χ3n) is 0.911. The van der Waals surface area contributed by atoms with Gasteiger partial charge in [0, 0.05) is 13.8 Å². The van der Waals surface area contributed by atoms with E-state index in [1.54, 1.807) is 30.3 Å². The summed E-state index contributed by atoms with van der Waals surface area (Å²) in [5, 5.41) is 14.8. The zero-order valence-corrected chi connectivity index (χ0v) is 11.4. The van der Waals surface area contributed by atoms with E-state index in [0.29, 0.717) is 3.57 Å². The van der Waals surface area contributed by atoms with Crippen LogP contribution in [0.1, 0.15) is 13.8 Å². The van der Waals surface area contributed by atoms with Crippen LogP contribution in [-0.2, 0) is 15.7 Å². The van der Waals surface area contributed by atoms with E-state index in [-0.39, 0.29) is 0 Å². The first kappa shape index (κ1) is 17.9. The van der Waals surface area contributed by atoms with Crippen molar-refractivity contribution in [2.45, 2.75) is 13.8 Å². The van der Waals surface area contributed by atoms with Crippen molar-refractivity contribution in [3.8, 4) is 0 Å². The van der Waals surface area contributed by atoms with Crippen molar-refractivity contribution >= 4 is 31.7 Å². The molecule has 0 aromatic heterocycles. The average molecular weight is 356 g/mol. The van der Waals surface area contributed by atoms with Crippen LogP contribution < -0.4 is 0 Å². The smallest absolute Gasteiger partial charge is 0.340 e. The minimum atomic E-state index is -3.18. The maximum atomic E-state index is 10.3. The summed E-state index contributed by atoms with van der Waals surface area (Å²) in [5.41, 5.74) is 0. The Labute approximate surface area is 105 Å². The first-order valence-corrected chi connectivity index (χ1v) is 7.10. The molecule has 0 bridgehead atoms. The van der Waals surface area contributed by atoms with Gasteiger partial charge < -0.3 is 10.2 Å². The van der Waals surface area contributed by atoms with Crippen LogP contribution in [0.5, 0.6) is 0 Å². The SMILES string of the molecule is CC(=O)O.CC(=O)O.O=I(=O)c1ccccc1. The lowest BCUT2D eigenvalue weighted by molar-refractivity contribution is -0.135.